The lowest BCUT2D eigenvalue weighted by Crippen LogP contribution is -2.61. The van der Waals surface area contributed by atoms with E-state index in [0.717, 1.165) is 103 Å². The van der Waals surface area contributed by atoms with Gasteiger partial charge in [0.15, 0.2) is 12.4 Å². The van der Waals surface area contributed by atoms with Gasteiger partial charge in [0, 0.05) is 6.42 Å². The van der Waals surface area contributed by atoms with Crippen LogP contribution >= 0.6 is 0 Å². The number of carbonyl (C=O) groups is 2. The second-order valence-electron chi connectivity index (χ2n) is 18.9. The van der Waals surface area contributed by atoms with E-state index in [9.17, 15) is 35.1 Å². The Kier molecular flexibility index (Phi) is 44.0. The van der Waals surface area contributed by atoms with Crippen LogP contribution in [0.4, 0.5) is 0 Å². The minimum Gasteiger partial charge on any atom is -0.454 e. The van der Waals surface area contributed by atoms with Crippen LogP contribution in [0.2, 0.25) is 0 Å². The van der Waals surface area contributed by atoms with E-state index in [0.29, 0.717) is 19.3 Å². The molecule has 71 heavy (non-hydrogen) atoms. The molecule has 0 aromatic carbocycles. The van der Waals surface area contributed by atoms with Gasteiger partial charge in [-0.2, -0.15) is 0 Å². The summed E-state index contributed by atoms with van der Waals surface area (Å²) in [5.74, 6) is -1.26. The molecule has 0 radical (unpaired) electrons. The average Bonchev–Trinajstić information content (AvgIpc) is 3.37. The molecular formula is C60H101NO10. The Balaban J connectivity index is 2.77. The molecular weight excluding hydrogens is 895 g/mol. The molecule has 1 saturated heterocycles. The Hall–Kier alpha value is -3.42. The quantitative estimate of drug-likeness (QED) is 0.0196. The molecule has 1 aliphatic heterocycles. The predicted octanol–water partition coefficient (Wildman–Crippen LogP) is 12.4. The van der Waals surface area contributed by atoms with Crippen molar-refractivity contribution in [2.45, 2.75) is 256 Å². The van der Waals surface area contributed by atoms with Crippen molar-refractivity contribution in [1.82, 2.24) is 5.32 Å². The van der Waals surface area contributed by atoms with E-state index < -0.39 is 67.4 Å². The van der Waals surface area contributed by atoms with Gasteiger partial charge >= 0.3 is 5.97 Å². The highest BCUT2D eigenvalue weighted by molar-refractivity contribution is 5.80. The van der Waals surface area contributed by atoms with Crippen molar-refractivity contribution in [2.24, 2.45) is 0 Å². The van der Waals surface area contributed by atoms with Gasteiger partial charge in [0.2, 0.25) is 5.91 Å². The normalized spacial score (nSPS) is 20.4. The van der Waals surface area contributed by atoms with E-state index in [1.807, 2.05) is 12.2 Å². The fourth-order valence-corrected chi connectivity index (χ4v) is 7.99. The highest BCUT2D eigenvalue weighted by atomic mass is 16.7. The van der Waals surface area contributed by atoms with Crippen LogP contribution in [0, 0.1) is 0 Å². The third kappa shape index (κ3) is 36.2. The van der Waals surface area contributed by atoms with E-state index in [1.165, 1.54) is 51.4 Å². The van der Waals surface area contributed by atoms with E-state index in [-0.39, 0.29) is 19.4 Å². The smallest absolute Gasteiger partial charge is 0.306 e. The third-order valence-electron chi connectivity index (χ3n) is 12.5. The third-order valence-corrected chi connectivity index (χ3v) is 12.5. The van der Waals surface area contributed by atoms with Crippen molar-refractivity contribution < 1.29 is 49.3 Å². The van der Waals surface area contributed by atoms with Gasteiger partial charge in [0.1, 0.15) is 24.4 Å². The van der Waals surface area contributed by atoms with Crippen LogP contribution in [-0.2, 0) is 23.8 Å². The number of hydrogen-bond acceptors (Lipinski definition) is 10. The van der Waals surface area contributed by atoms with Crippen LogP contribution in [-0.4, -0.2) is 99.6 Å². The fourth-order valence-electron chi connectivity index (χ4n) is 7.99. The number of hydrogen-bond donors (Lipinski definition) is 6. The van der Waals surface area contributed by atoms with E-state index >= 15 is 0 Å². The zero-order valence-corrected chi connectivity index (χ0v) is 44.6. The number of ether oxygens (including phenoxy) is 3. The summed E-state index contributed by atoms with van der Waals surface area (Å²) in [4.78, 5) is 26.4. The first-order valence-electron chi connectivity index (χ1n) is 28.0. The van der Waals surface area contributed by atoms with Crippen LogP contribution in [0.15, 0.2) is 97.2 Å². The first kappa shape index (κ1) is 65.6. The summed E-state index contributed by atoms with van der Waals surface area (Å²) < 4.78 is 17.5. The van der Waals surface area contributed by atoms with Gasteiger partial charge in [-0.15, -0.1) is 0 Å². The van der Waals surface area contributed by atoms with Gasteiger partial charge in [-0.3, -0.25) is 9.59 Å². The van der Waals surface area contributed by atoms with Crippen LogP contribution in [0.25, 0.3) is 0 Å². The molecule has 0 saturated carbocycles. The number of allylic oxidation sites excluding steroid dienone is 15. The number of amides is 1. The first-order valence-corrected chi connectivity index (χ1v) is 28.0. The number of unbranched alkanes of at least 4 members (excludes halogenated alkanes) is 17. The molecule has 1 fully saturated rings. The monoisotopic (exact) mass is 996 g/mol. The van der Waals surface area contributed by atoms with E-state index in [1.54, 1.807) is 6.08 Å². The number of esters is 1. The van der Waals surface area contributed by atoms with Gasteiger partial charge in [-0.1, -0.05) is 201 Å². The molecule has 0 aromatic rings. The number of nitrogens with one attached hydrogen (secondary N) is 1. The van der Waals surface area contributed by atoms with Crippen LogP contribution in [0.3, 0.4) is 0 Å². The minimum atomic E-state index is -1.63. The molecule has 406 valence electrons. The maximum absolute atomic E-state index is 13.3. The molecule has 6 N–H and O–H groups in total. The second-order valence-corrected chi connectivity index (χ2v) is 18.9. The topological polar surface area (TPSA) is 175 Å². The largest absolute Gasteiger partial charge is 0.454 e. The van der Waals surface area contributed by atoms with Crippen molar-refractivity contribution in [2.75, 3.05) is 13.2 Å². The molecule has 1 rings (SSSR count). The van der Waals surface area contributed by atoms with E-state index in [2.05, 4.69) is 105 Å². The summed E-state index contributed by atoms with van der Waals surface area (Å²) in [6, 6.07) is -1.05. The van der Waals surface area contributed by atoms with Gasteiger partial charge in [0.25, 0.3) is 0 Å². The summed E-state index contributed by atoms with van der Waals surface area (Å²) in [6.07, 6.45) is 51.8. The molecule has 8 atom stereocenters. The summed E-state index contributed by atoms with van der Waals surface area (Å²) >= 11 is 0. The van der Waals surface area contributed by atoms with E-state index in [4.69, 9.17) is 14.2 Å². The summed E-state index contributed by atoms with van der Waals surface area (Å²) in [6.45, 7) is 5.56. The zero-order chi connectivity index (χ0) is 51.8. The van der Waals surface area contributed by atoms with Crippen LogP contribution < -0.4 is 5.32 Å². The number of rotatable bonds is 45. The van der Waals surface area contributed by atoms with Gasteiger partial charge < -0.3 is 45.1 Å². The van der Waals surface area contributed by atoms with Crippen molar-refractivity contribution in [3.8, 4) is 0 Å². The lowest BCUT2D eigenvalue weighted by Gasteiger charge is -2.41. The Bertz CT molecular complexity index is 1520. The number of carbonyl (C=O) groups excluding carboxylic acids is 2. The predicted molar refractivity (Wildman–Crippen MR) is 292 cm³/mol. The molecule has 0 aliphatic carbocycles. The highest BCUT2D eigenvalue weighted by Gasteiger charge is 2.47. The molecule has 11 heteroatoms. The second kappa shape index (κ2) is 47.6. The SMILES string of the molecule is CC/C=C\C/C=C\C/C=C\C/C=C\C/C=C\C/C=C\CCCC(O)C(=O)NC(COC1OC(CO)C(O)C(O)C1OC(=O)CCCCCCC/C=C\CCCC)C(O)/C=C/CCCCCCCCCCC. The first-order chi connectivity index (χ1) is 34.7. The lowest BCUT2D eigenvalue weighted by molar-refractivity contribution is -0.305. The van der Waals surface area contributed by atoms with Crippen molar-refractivity contribution in [3.63, 3.8) is 0 Å². The van der Waals surface area contributed by atoms with Gasteiger partial charge in [-0.05, 0) is 96.3 Å². The van der Waals surface area contributed by atoms with Crippen LogP contribution in [0.1, 0.15) is 207 Å². The maximum atomic E-state index is 13.3. The average molecular weight is 996 g/mol. The molecule has 11 nitrogen and oxygen atoms in total. The number of aliphatic hydroxyl groups excluding tert-OH is 5. The van der Waals surface area contributed by atoms with Crippen LogP contribution in [0.5, 0.6) is 0 Å². The molecule has 0 bridgehead atoms. The van der Waals surface area contributed by atoms with Crippen molar-refractivity contribution >= 4 is 11.9 Å². The maximum Gasteiger partial charge on any atom is 0.306 e. The molecule has 1 aliphatic rings. The highest BCUT2D eigenvalue weighted by Crippen LogP contribution is 2.26. The molecule has 1 amide bonds. The molecule has 0 spiro atoms. The fraction of sp³-hybridized carbons (Fsp3) is 0.700. The standard InChI is InChI=1S/C60H101NO10/c1-4-7-10-13-16-19-22-23-24-25-26-27-28-29-30-33-35-38-41-44-47-53(64)59(68)61-51(52(63)46-43-40-37-34-31-20-17-14-11-8-5-2)50-69-60-58(57(67)56(66)54(49-62)70-60)71-55(65)48-45-42-39-36-32-21-18-15-12-9-6-3/h7,10,15-16,18-19,23-24,26-27,29-30,35,38,43,46,51-54,56-58,60,62-64,66-67H,4-6,8-9,11-14,17,20-22,25,28,31-34,36-37,39-42,44-45,47-50H2,1-3H3,(H,61,68)/b10-7-,18-15-,19-16-,24-23-,27-26-,30-29-,38-35-,46-43+. The Morgan fingerprint density at radius 1 is 0.563 bits per heavy atom. The molecule has 8 unspecified atom stereocenters. The summed E-state index contributed by atoms with van der Waals surface area (Å²) in [5.41, 5.74) is 0. The Morgan fingerprint density at radius 2 is 1.03 bits per heavy atom. The summed E-state index contributed by atoms with van der Waals surface area (Å²) in [7, 11) is 0. The van der Waals surface area contributed by atoms with Crippen molar-refractivity contribution in [3.05, 3.63) is 97.2 Å². The minimum absolute atomic E-state index is 0.103. The van der Waals surface area contributed by atoms with Crippen molar-refractivity contribution in [1.29, 1.82) is 0 Å². The number of aliphatic hydroxyl groups is 5. The Labute approximate surface area is 431 Å². The summed E-state index contributed by atoms with van der Waals surface area (Å²) in [5, 5.41) is 56.6. The molecule has 1 heterocycles. The zero-order valence-electron chi connectivity index (χ0n) is 44.6. The molecule has 0 aromatic heterocycles. The lowest BCUT2D eigenvalue weighted by atomic mass is 9.99. The Morgan fingerprint density at radius 3 is 1.58 bits per heavy atom. The van der Waals surface area contributed by atoms with Gasteiger partial charge in [0.05, 0.1) is 25.4 Å². The van der Waals surface area contributed by atoms with Gasteiger partial charge in [-0.25, -0.2) is 0 Å².